The molecule has 24 heavy (non-hydrogen) atoms. The number of fused-ring (bicyclic) bond motifs is 1. The monoisotopic (exact) mass is 366 g/mol. The maximum absolute atomic E-state index is 11.8. The van der Waals surface area contributed by atoms with Crippen LogP contribution in [0.2, 0.25) is 5.15 Å². The van der Waals surface area contributed by atoms with Crippen molar-refractivity contribution in [2.45, 2.75) is 19.8 Å². The first-order valence-electron chi connectivity index (χ1n) is 7.30. The average Bonchev–Trinajstić information content (AvgIpc) is 3.09. The summed E-state index contributed by atoms with van der Waals surface area (Å²) in [4.78, 5) is 24.9. The predicted octanol–water partition coefficient (Wildman–Crippen LogP) is 2.70. The summed E-state index contributed by atoms with van der Waals surface area (Å²) < 4.78 is 12.5. The summed E-state index contributed by atoms with van der Waals surface area (Å²) >= 11 is 7.25. The Morgan fingerprint density at radius 2 is 2.21 bits per heavy atom. The van der Waals surface area contributed by atoms with E-state index in [4.69, 9.17) is 21.1 Å². The van der Waals surface area contributed by atoms with E-state index in [0.717, 1.165) is 10.7 Å². The molecule has 3 rings (SSSR count). The lowest BCUT2D eigenvalue weighted by molar-refractivity contribution is -0.143. The van der Waals surface area contributed by atoms with Crippen LogP contribution in [0.4, 0.5) is 0 Å². The van der Waals surface area contributed by atoms with Crippen molar-refractivity contribution < 1.29 is 14.3 Å². The third kappa shape index (κ3) is 4.21. The minimum atomic E-state index is -0.305. The molecule has 0 unspecified atom stereocenters. The van der Waals surface area contributed by atoms with Crippen LogP contribution in [-0.4, -0.2) is 38.5 Å². The van der Waals surface area contributed by atoms with E-state index in [-0.39, 0.29) is 24.2 Å². The first-order valence-corrected chi connectivity index (χ1v) is 8.55. The van der Waals surface area contributed by atoms with E-state index in [1.807, 2.05) is 22.9 Å². The normalized spacial score (nSPS) is 10.9. The Morgan fingerprint density at radius 1 is 1.33 bits per heavy atom. The zero-order chi connectivity index (χ0) is 16.9. The SMILES string of the molecule is Cc1csc2nc(CC(=O)OCCCOc3cncc(Cl)n3)cn12. The molecule has 0 aromatic carbocycles. The number of rotatable bonds is 7. The third-order valence-electron chi connectivity index (χ3n) is 3.15. The zero-order valence-corrected chi connectivity index (χ0v) is 14.5. The molecule has 3 heterocycles. The van der Waals surface area contributed by atoms with Crippen molar-refractivity contribution in [2.75, 3.05) is 13.2 Å². The highest BCUT2D eigenvalue weighted by molar-refractivity contribution is 7.15. The van der Waals surface area contributed by atoms with Gasteiger partial charge in [-0.3, -0.25) is 14.2 Å². The third-order valence-corrected chi connectivity index (χ3v) is 4.29. The molecule has 7 nitrogen and oxygen atoms in total. The fraction of sp³-hybridized carbons (Fsp3) is 0.333. The first kappa shape index (κ1) is 16.7. The van der Waals surface area contributed by atoms with Gasteiger partial charge < -0.3 is 9.47 Å². The molecule has 0 radical (unpaired) electrons. The van der Waals surface area contributed by atoms with Crippen molar-refractivity contribution in [1.29, 1.82) is 0 Å². The second kappa shape index (κ2) is 7.59. The van der Waals surface area contributed by atoms with E-state index in [1.54, 1.807) is 11.3 Å². The lowest BCUT2D eigenvalue weighted by Crippen LogP contribution is -2.11. The van der Waals surface area contributed by atoms with E-state index in [1.165, 1.54) is 12.4 Å². The maximum atomic E-state index is 11.8. The summed E-state index contributed by atoms with van der Waals surface area (Å²) in [7, 11) is 0. The van der Waals surface area contributed by atoms with Gasteiger partial charge in [-0.2, -0.15) is 4.98 Å². The molecule has 0 saturated carbocycles. The minimum Gasteiger partial charge on any atom is -0.476 e. The molecular formula is C15H15ClN4O3S. The van der Waals surface area contributed by atoms with Gasteiger partial charge in [0.1, 0.15) is 0 Å². The molecule has 0 spiro atoms. The topological polar surface area (TPSA) is 78.6 Å². The van der Waals surface area contributed by atoms with Crippen molar-refractivity contribution in [3.8, 4) is 5.88 Å². The van der Waals surface area contributed by atoms with Crippen LogP contribution in [0.15, 0.2) is 24.0 Å². The maximum Gasteiger partial charge on any atom is 0.311 e. The average molecular weight is 367 g/mol. The molecular weight excluding hydrogens is 352 g/mol. The highest BCUT2D eigenvalue weighted by Gasteiger charge is 2.10. The molecule has 3 aromatic rings. The molecule has 9 heteroatoms. The molecule has 3 aromatic heterocycles. The van der Waals surface area contributed by atoms with Gasteiger partial charge in [-0.05, 0) is 6.92 Å². The Labute approximate surface area is 147 Å². The van der Waals surface area contributed by atoms with Crippen LogP contribution in [-0.2, 0) is 16.0 Å². The number of hydrogen-bond acceptors (Lipinski definition) is 7. The lowest BCUT2D eigenvalue weighted by atomic mass is 10.3. The summed E-state index contributed by atoms with van der Waals surface area (Å²) in [6.45, 7) is 2.63. The van der Waals surface area contributed by atoms with Crippen LogP contribution in [0, 0.1) is 6.92 Å². The van der Waals surface area contributed by atoms with Gasteiger partial charge in [0.15, 0.2) is 10.1 Å². The van der Waals surface area contributed by atoms with Gasteiger partial charge >= 0.3 is 5.97 Å². The number of carbonyl (C=O) groups excluding carboxylic acids is 1. The van der Waals surface area contributed by atoms with E-state index in [2.05, 4.69) is 15.0 Å². The highest BCUT2D eigenvalue weighted by atomic mass is 35.5. The van der Waals surface area contributed by atoms with Crippen molar-refractivity contribution in [3.05, 3.63) is 40.5 Å². The number of nitrogens with zero attached hydrogens (tertiary/aromatic N) is 4. The van der Waals surface area contributed by atoms with Crippen LogP contribution in [0.5, 0.6) is 5.88 Å². The van der Waals surface area contributed by atoms with Gasteiger partial charge in [-0.15, -0.1) is 11.3 Å². The summed E-state index contributed by atoms with van der Waals surface area (Å²) in [5.74, 6) is 0.0447. The van der Waals surface area contributed by atoms with Gasteiger partial charge in [0.05, 0.1) is 37.7 Å². The quantitative estimate of drug-likeness (QED) is 0.472. The summed E-state index contributed by atoms with van der Waals surface area (Å²) in [6, 6.07) is 0. The Hall–Kier alpha value is -2.19. The number of carbonyl (C=O) groups is 1. The number of imidazole rings is 1. The number of esters is 1. The molecule has 0 aliphatic rings. The van der Waals surface area contributed by atoms with Crippen molar-refractivity contribution in [3.63, 3.8) is 0 Å². The van der Waals surface area contributed by atoms with Crippen LogP contribution in [0.1, 0.15) is 17.8 Å². The molecule has 0 aliphatic carbocycles. The summed E-state index contributed by atoms with van der Waals surface area (Å²) in [6.07, 6.45) is 5.48. The Kier molecular flexibility index (Phi) is 5.27. The highest BCUT2D eigenvalue weighted by Crippen LogP contribution is 2.16. The van der Waals surface area contributed by atoms with E-state index in [0.29, 0.717) is 24.6 Å². The summed E-state index contributed by atoms with van der Waals surface area (Å²) in [5.41, 5.74) is 1.81. The molecule has 0 amide bonds. The molecule has 0 fully saturated rings. The van der Waals surface area contributed by atoms with E-state index >= 15 is 0 Å². The number of ether oxygens (including phenoxy) is 2. The Balaban J connectivity index is 1.38. The number of hydrogen-bond donors (Lipinski definition) is 0. The molecule has 0 atom stereocenters. The van der Waals surface area contributed by atoms with Crippen LogP contribution < -0.4 is 4.74 Å². The molecule has 0 N–H and O–H groups in total. The van der Waals surface area contributed by atoms with Crippen molar-refractivity contribution in [2.24, 2.45) is 0 Å². The predicted molar refractivity (Wildman–Crippen MR) is 89.6 cm³/mol. The Morgan fingerprint density at radius 3 is 3.00 bits per heavy atom. The van der Waals surface area contributed by atoms with Crippen molar-refractivity contribution in [1.82, 2.24) is 19.4 Å². The fourth-order valence-corrected chi connectivity index (χ4v) is 3.05. The number of aromatic nitrogens is 4. The van der Waals surface area contributed by atoms with Gasteiger partial charge in [0.25, 0.3) is 0 Å². The standard InChI is InChI=1S/C15H15ClN4O3S/c1-10-9-24-15-18-11(8-20(10)15)5-14(21)23-4-2-3-22-13-7-17-6-12(16)19-13/h6-9H,2-5H2,1H3. The first-order chi connectivity index (χ1) is 11.6. The molecule has 0 saturated heterocycles. The van der Waals surface area contributed by atoms with Gasteiger partial charge in [-0.1, -0.05) is 11.6 Å². The number of thiazole rings is 1. The van der Waals surface area contributed by atoms with E-state index < -0.39 is 0 Å². The van der Waals surface area contributed by atoms with E-state index in [9.17, 15) is 4.79 Å². The molecule has 0 aliphatic heterocycles. The van der Waals surface area contributed by atoms with Crippen LogP contribution in [0.25, 0.3) is 4.96 Å². The number of halogens is 1. The Bertz CT molecular complexity index is 848. The van der Waals surface area contributed by atoms with Gasteiger partial charge in [0.2, 0.25) is 5.88 Å². The van der Waals surface area contributed by atoms with Crippen LogP contribution in [0.3, 0.4) is 0 Å². The largest absolute Gasteiger partial charge is 0.476 e. The zero-order valence-electron chi connectivity index (χ0n) is 12.9. The molecule has 0 bridgehead atoms. The van der Waals surface area contributed by atoms with Crippen LogP contribution >= 0.6 is 22.9 Å². The van der Waals surface area contributed by atoms with Gasteiger partial charge in [0, 0.05) is 23.7 Å². The molecule has 126 valence electrons. The summed E-state index contributed by atoms with van der Waals surface area (Å²) in [5, 5.41) is 2.29. The van der Waals surface area contributed by atoms with Crippen molar-refractivity contribution >= 4 is 33.9 Å². The minimum absolute atomic E-state index is 0.161. The van der Waals surface area contributed by atoms with Gasteiger partial charge in [-0.25, -0.2) is 4.98 Å². The number of aryl methyl sites for hydroxylation is 1. The lowest BCUT2D eigenvalue weighted by Gasteiger charge is -2.05. The smallest absolute Gasteiger partial charge is 0.311 e. The second-order valence-electron chi connectivity index (χ2n) is 5.04. The fourth-order valence-electron chi connectivity index (χ4n) is 2.04. The second-order valence-corrected chi connectivity index (χ2v) is 6.26.